The lowest BCUT2D eigenvalue weighted by Crippen LogP contribution is -2.25. The van der Waals surface area contributed by atoms with Crippen LogP contribution in [0.1, 0.15) is 0 Å². The Labute approximate surface area is 120 Å². The molecule has 2 aromatic rings. The summed E-state index contributed by atoms with van der Waals surface area (Å²) in [5.41, 5.74) is 0.972. The zero-order valence-electron chi connectivity index (χ0n) is 10.1. The van der Waals surface area contributed by atoms with Crippen molar-refractivity contribution in [2.24, 2.45) is 0 Å². The third-order valence-electron chi connectivity index (χ3n) is 2.34. The fourth-order valence-electron chi connectivity index (χ4n) is 1.55. The molecule has 0 fully saturated rings. The lowest BCUT2D eigenvalue weighted by molar-refractivity contribution is 0.896. The molecule has 0 unspecified atom stereocenters. The van der Waals surface area contributed by atoms with Gasteiger partial charge in [0.05, 0.1) is 6.20 Å². The van der Waals surface area contributed by atoms with Crippen LogP contribution in [0.25, 0.3) is 11.0 Å². The number of hydrogen-bond donors (Lipinski definition) is 0. The predicted octanol–water partition coefficient (Wildman–Crippen LogP) is 2.91. The van der Waals surface area contributed by atoms with Crippen LogP contribution in [0.5, 0.6) is 0 Å². The second-order valence-electron chi connectivity index (χ2n) is 3.67. The Balaban J connectivity index is 2.52. The number of aromatic nitrogens is 4. The van der Waals surface area contributed by atoms with Crippen molar-refractivity contribution in [2.45, 2.75) is 0 Å². The fourth-order valence-corrected chi connectivity index (χ4v) is 1.90. The van der Waals surface area contributed by atoms with E-state index in [-0.39, 0.29) is 10.4 Å². The molecule has 0 saturated heterocycles. The van der Waals surface area contributed by atoms with Crippen molar-refractivity contribution in [1.29, 1.82) is 0 Å². The van der Waals surface area contributed by atoms with Crippen molar-refractivity contribution in [3.63, 3.8) is 0 Å². The standard InChI is InChI=1S/C12H11Cl2N5/c1-3-5-19(6-4-2)12-16-8-7-15-11(14)17-9(8)10(13)18-12/h3-4,7H,1-2,5-6H2. The Morgan fingerprint density at radius 3 is 2.42 bits per heavy atom. The quantitative estimate of drug-likeness (QED) is 0.482. The lowest BCUT2D eigenvalue weighted by atomic mass is 10.4. The monoisotopic (exact) mass is 295 g/mol. The highest BCUT2D eigenvalue weighted by Gasteiger charge is 2.12. The maximum absolute atomic E-state index is 6.10. The van der Waals surface area contributed by atoms with E-state index < -0.39 is 0 Å². The van der Waals surface area contributed by atoms with Crippen LogP contribution in [-0.4, -0.2) is 33.0 Å². The van der Waals surface area contributed by atoms with Gasteiger partial charge >= 0.3 is 0 Å². The Hall–Kier alpha value is -1.72. The van der Waals surface area contributed by atoms with Gasteiger partial charge in [0.15, 0.2) is 5.15 Å². The molecule has 2 rings (SSSR count). The van der Waals surface area contributed by atoms with E-state index in [2.05, 4.69) is 33.1 Å². The zero-order chi connectivity index (χ0) is 13.8. The summed E-state index contributed by atoms with van der Waals surface area (Å²) < 4.78 is 0. The molecule has 0 aliphatic rings. The molecule has 2 aromatic heterocycles. The Bertz CT molecular complexity index is 619. The molecule has 5 nitrogen and oxygen atoms in total. The molecule has 0 aliphatic carbocycles. The van der Waals surface area contributed by atoms with E-state index in [1.54, 1.807) is 12.2 Å². The van der Waals surface area contributed by atoms with E-state index in [0.29, 0.717) is 30.1 Å². The largest absolute Gasteiger partial charge is 0.333 e. The summed E-state index contributed by atoms with van der Waals surface area (Å²) in [5.74, 6) is 0.475. The molecule has 2 heterocycles. The summed E-state index contributed by atoms with van der Waals surface area (Å²) in [6.45, 7) is 8.57. The highest BCUT2D eigenvalue weighted by molar-refractivity contribution is 6.34. The normalized spacial score (nSPS) is 10.4. The Morgan fingerprint density at radius 2 is 1.79 bits per heavy atom. The lowest BCUT2D eigenvalue weighted by Gasteiger charge is -2.19. The molecule has 0 saturated carbocycles. The van der Waals surface area contributed by atoms with E-state index in [4.69, 9.17) is 23.2 Å². The number of anilines is 1. The summed E-state index contributed by atoms with van der Waals surface area (Å²) in [7, 11) is 0. The smallest absolute Gasteiger partial charge is 0.228 e. The van der Waals surface area contributed by atoms with Crippen LogP contribution in [-0.2, 0) is 0 Å². The van der Waals surface area contributed by atoms with E-state index in [1.807, 2.05) is 4.90 Å². The van der Waals surface area contributed by atoms with Gasteiger partial charge in [-0.2, -0.15) is 4.98 Å². The molecule has 0 bridgehead atoms. The average molecular weight is 296 g/mol. The highest BCUT2D eigenvalue weighted by Crippen LogP contribution is 2.22. The van der Waals surface area contributed by atoms with Crippen LogP contribution in [0.4, 0.5) is 5.95 Å². The van der Waals surface area contributed by atoms with Gasteiger partial charge in [-0.1, -0.05) is 23.8 Å². The maximum atomic E-state index is 6.10. The third-order valence-corrected chi connectivity index (χ3v) is 2.78. The molecule has 0 atom stereocenters. The van der Waals surface area contributed by atoms with Crippen LogP contribution < -0.4 is 4.90 Å². The first-order valence-corrected chi connectivity index (χ1v) is 6.24. The van der Waals surface area contributed by atoms with E-state index in [1.165, 1.54) is 6.20 Å². The average Bonchev–Trinajstić information content (AvgIpc) is 2.39. The summed E-state index contributed by atoms with van der Waals surface area (Å²) in [4.78, 5) is 18.4. The van der Waals surface area contributed by atoms with Gasteiger partial charge in [0.2, 0.25) is 11.2 Å². The Kier molecular flexibility index (Phi) is 4.29. The van der Waals surface area contributed by atoms with Gasteiger partial charge in [0.1, 0.15) is 11.0 Å². The van der Waals surface area contributed by atoms with Crippen molar-refractivity contribution in [2.75, 3.05) is 18.0 Å². The van der Waals surface area contributed by atoms with Crippen LogP contribution in [0.15, 0.2) is 31.5 Å². The molecule has 19 heavy (non-hydrogen) atoms. The van der Waals surface area contributed by atoms with Crippen molar-refractivity contribution in [3.8, 4) is 0 Å². The van der Waals surface area contributed by atoms with Gasteiger partial charge in [0.25, 0.3) is 0 Å². The van der Waals surface area contributed by atoms with Crippen molar-refractivity contribution in [3.05, 3.63) is 41.9 Å². The van der Waals surface area contributed by atoms with Gasteiger partial charge < -0.3 is 4.90 Å². The molecular weight excluding hydrogens is 285 g/mol. The van der Waals surface area contributed by atoms with Crippen LogP contribution in [0.2, 0.25) is 10.4 Å². The molecule has 0 radical (unpaired) electrons. The van der Waals surface area contributed by atoms with Crippen molar-refractivity contribution >= 4 is 40.2 Å². The first kappa shape index (κ1) is 13.7. The number of hydrogen-bond acceptors (Lipinski definition) is 5. The minimum Gasteiger partial charge on any atom is -0.333 e. The van der Waals surface area contributed by atoms with Crippen LogP contribution >= 0.6 is 23.2 Å². The van der Waals surface area contributed by atoms with Crippen LogP contribution in [0.3, 0.4) is 0 Å². The van der Waals surface area contributed by atoms with Gasteiger partial charge in [-0.15, -0.1) is 13.2 Å². The summed E-state index contributed by atoms with van der Waals surface area (Å²) in [5, 5.41) is 0.349. The molecule has 0 spiro atoms. The van der Waals surface area contributed by atoms with Gasteiger partial charge in [-0.25, -0.2) is 15.0 Å². The summed E-state index contributed by atoms with van der Waals surface area (Å²) in [6, 6.07) is 0. The third kappa shape index (κ3) is 3.00. The number of rotatable bonds is 5. The fraction of sp³-hybridized carbons (Fsp3) is 0.167. The number of nitrogens with zero attached hydrogens (tertiary/aromatic N) is 5. The Morgan fingerprint density at radius 1 is 1.11 bits per heavy atom. The molecule has 0 aliphatic heterocycles. The zero-order valence-corrected chi connectivity index (χ0v) is 11.6. The van der Waals surface area contributed by atoms with Gasteiger partial charge in [0, 0.05) is 13.1 Å². The SMILES string of the molecule is C=CCN(CC=C)c1nc(Cl)c2nc(Cl)ncc2n1. The minimum atomic E-state index is 0.111. The molecule has 0 amide bonds. The van der Waals surface area contributed by atoms with Crippen molar-refractivity contribution < 1.29 is 0 Å². The second-order valence-corrected chi connectivity index (χ2v) is 4.37. The van der Waals surface area contributed by atoms with E-state index in [0.717, 1.165) is 0 Å². The number of fused-ring (bicyclic) bond motifs is 1. The summed E-state index contributed by atoms with van der Waals surface area (Å²) in [6.07, 6.45) is 5.02. The number of halogens is 2. The first-order chi connectivity index (χ1) is 9.15. The predicted molar refractivity (Wildman–Crippen MR) is 77.8 cm³/mol. The molecular formula is C12H11Cl2N5. The molecule has 7 heteroatoms. The first-order valence-electron chi connectivity index (χ1n) is 5.48. The van der Waals surface area contributed by atoms with Gasteiger partial charge in [-0.05, 0) is 11.6 Å². The van der Waals surface area contributed by atoms with Crippen molar-refractivity contribution in [1.82, 2.24) is 19.9 Å². The van der Waals surface area contributed by atoms with Gasteiger partial charge in [-0.3, -0.25) is 0 Å². The van der Waals surface area contributed by atoms with Crippen LogP contribution in [0, 0.1) is 0 Å². The van der Waals surface area contributed by atoms with E-state index >= 15 is 0 Å². The maximum Gasteiger partial charge on any atom is 0.228 e. The van der Waals surface area contributed by atoms with E-state index in [9.17, 15) is 0 Å². The highest BCUT2D eigenvalue weighted by atomic mass is 35.5. The second kappa shape index (κ2) is 5.95. The molecule has 98 valence electrons. The molecule has 0 N–H and O–H groups in total. The minimum absolute atomic E-state index is 0.111. The summed E-state index contributed by atoms with van der Waals surface area (Å²) >= 11 is 11.8. The topological polar surface area (TPSA) is 54.8 Å². The molecule has 0 aromatic carbocycles.